The van der Waals surface area contributed by atoms with Gasteiger partial charge in [0, 0.05) is 17.3 Å². The molecule has 1 unspecified atom stereocenters. The number of aromatic amines is 1. The van der Waals surface area contributed by atoms with Crippen molar-refractivity contribution < 1.29 is 8.42 Å². The van der Waals surface area contributed by atoms with Crippen molar-refractivity contribution in [2.24, 2.45) is 0 Å². The molecule has 0 saturated carbocycles. The van der Waals surface area contributed by atoms with E-state index in [4.69, 9.17) is 0 Å². The fourth-order valence-electron chi connectivity index (χ4n) is 2.40. The number of hydrogen-bond acceptors (Lipinski definition) is 5. The lowest BCUT2D eigenvalue weighted by Crippen LogP contribution is -2.20. The molecule has 1 aromatic carbocycles. The molecule has 3 rings (SSSR count). The molecule has 2 N–H and O–H groups in total. The topological polar surface area (TPSA) is 87.7 Å². The number of hydrogen-bond donors (Lipinski definition) is 2. The van der Waals surface area contributed by atoms with Gasteiger partial charge in [0.1, 0.15) is 5.82 Å². The highest BCUT2D eigenvalue weighted by Crippen LogP contribution is 2.27. The van der Waals surface area contributed by atoms with Gasteiger partial charge in [-0.1, -0.05) is 12.1 Å². The summed E-state index contributed by atoms with van der Waals surface area (Å²) in [7, 11) is -2.89. The fourth-order valence-corrected chi connectivity index (χ4v) is 4.07. The lowest BCUT2D eigenvalue weighted by molar-refractivity contribution is 0.602. The third kappa shape index (κ3) is 2.67. The van der Waals surface area contributed by atoms with Crippen LogP contribution in [0.4, 0.5) is 5.69 Å². The minimum atomic E-state index is -2.89. The Kier molecular flexibility index (Phi) is 3.21. The predicted octanol–water partition coefficient (Wildman–Crippen LogP) is 1.38. The number of nitrogens with zero attached hydrogens (tertiary/aromatic N) is 2. The van der Waals surface area contributed by atoms with E-state index in [9.17, 15) is 8.42 Å². The van der Waals surface area contributed by atoms with Crippen molar-refractivity contribution in [3.8, 4) is 11.4 Å². The smallest absolute Gasteiger partial charge is 0.183 e. The van der Waals surface area contributed by atoms with E-state index in [1.807, 2.05) is 31.2 Å². The van der Waals surface area contributed by atoms with E-state index < -0.39 is 9.84 Å². The maximum absolute atomic E-state index is 11.5. The van der Waals surface area contributed by atoms with E-state index in [0.29, 0.717) is 12.2 Å². The van der Waals surface area contributed by atoms with Gasteiger partial charge in [-0.25, -0.2) is 13.4 Å². The minimum Gasteiger partial charge on any atom is -0.381 e. The Morgan fingerprint density at radius 3 is 2.80 bits per heavy atom. The van der Waals surface area contributed by atoms with Crippen LogP contribution in [0.5, 0.6) is 0 Å². The van der Waals surface area contributed by atoms with Crippen molar-refractivity contribution in [3.05, 3.63) is 30.1 Å². The van der Waals surface area contributed by atoms with Gasteiger partial charge in [-0.3, -0.25) is 5.10 Å². The molecule has 1 fully saturated rings. The van der Waals surface area contributed by atoms with Crippen molar-refractivity contribution in [2.45, 2.75) is 19.4 Å². The van der Waals surface area contributed by atoms with Crippen molar-refractivity contribution in [3.63, 3.8) is 0 Å². The molecule has 1 aliphatic heterocycles. The Hall–Kier alpha value is -1.89. The highest BCUT2D eigenvalue weighted by Gasteiger charge is 2.28. The molecule has 20 heavy (non-hydrogen) atoms. The molecule has 1 saturated heterocycles. The summed E-state index contributed by atoms with van der Waals surface area (Å²) >= 11 is 0. The summed E-state index contributed by atoms with van der Waals surface area (Å²) in [6.45, 7) is 1.84. The molecule has 0 spiro atoms. The number of sulfone groups is 1. The van der Waals surface area contributed by atoms with Crippen LogP contribution in [0.1, 0.15) is 12.2 Å². The molecular weight excluding hydrogens is 276 g/mol. The second kappa shape index (κ2) is 4.90. The Morgan fingerprint density at radius 2 is 2.15 bits per heavy atom. The number of para-hydroxylation sites is 1. The maximum Gasteiger partial charge on any atom is 0.183 e. The van der Waals surface area contributed by atoms with Gasteiger partial charge in [-0.2, -0.15) is 5.10 Å². The van der Waals surface area contributed by atoms with E-state index in [-0.39, 0.29) is 17.5 Å². The Balaban J connectivity index is 1.87. The third-order valence-electron chi connectivity index (χ3n) is 3.36. The van der Waals surface area contributed by atoms with Gasteiger partial charge in [0.05, 0.1) is 11.5 Å². The van der Waals surface area contributed by atoms with Gasteiger partial charge in [0.2, 0.25) is 0 Å². The summed E-state index contributed by atoms with van der Waals surface area (Å²) in [5.74, 6) is 1.81. The lowest BCUT2D eigenvalue weighted by Gasteiger charge is -2.14. The standard InChI is InChI=1S/C13H16N4O2S/c1-9-14-13(17-16-9)11-4-2-3-5-12(11)15-10-6-7-20(18,19)8-10/h2-5,10,15H,6-8H2,1H3,(H,14,16,17). The van der Waals surface area contributed by atoms with Crippen LogP contribution < -0.4 is 5.32 Å². The zero-order valence-corrected chi connectivity index (χ0v) is 11.9. The van der Waals surface area contributed by atoms with Gasteiger partial charge in [-0.15, -0.1) is 0 Å². The molecule has 106 valence electrons. The zero-order valence-electron chi connectivity index (χ0n) is 11.1. The van der Waals surface area contributed by atoms with Crippen LogP contribution in [0.2, 0.25) is 0 Å². The van der Waals surface area contributed by atoms with Crippen LogP contribution in [0.25, 0.3) is 11.4 Å². The van der Waals surface area contributed by atoms with Gasteiger partial charge < -0.3 is 5.32 Å². The first kappa shape index (κ1) is 13.1. The van der Waals surface area contributed by atoms with E-state index >= 15 is 0 Å². The predicted molar refractivity (Wildman–Crippen MR) is 77.2 cm³/mol. The second-order valence-electron chi connectivity index (χ2n) is 5.03. The first-order valence-corrected chi connectivity index (χ1v) is 8.31. The van der Waals surface area contributed by atoms with Crippen molar-refractivity contribution in [2.75, 3.05) is 16.8 Å². The fraction of sp³-hybridized carbons (Fsp3) is 0.385. The lowest BCUT2D eigenvalue weighted by atomic mass is 10.1. The van der Waals surface area contributed by atoms with Crippen LogP contribution >= 0.6 is 0 Å². The molecule has 1 aliphatic rings. The number of rotatable bonds is 3. The van der Waals surface area contributed by atoms with Gasteiger partial charge in [-0.05, 0) is 25.5 Å². The normalized spacial score (nSPS) is 20.9. The summed E-state index contributed by atoms with van der Waals surface area (Å²) in [5, 5.41) is 10.3. The Labute approximate surface area is 117 Å². The summed E-state index contributed by atoms with van der Waals surface area (Å²) in [4.78, 5) is 4.32. The highest BCUT2D eigenvalue weighted by atomic mass is 32.2. The maximum atomic E-state index is 11.5. The van der Waals surface area contributed by atoms with Crippen LogP contribution in [0.15, 0.2) is 24.3 Å². The van der Waals surface area contributed by atoms with Crippen molar-refractivity contribution in [1.29, 1.82) is 0 Å². The van der Waals surface area contributed by atoms with E-state index in [0.717, 1.165) is 17.1 Å². The molecule has 2 aromatic rings. The largest absolute Gasteiger partial charge is 0.381 e. The van der Waals surface area contributed by atoms with E-state index in [1.165, 1.54) is 0 Å². The summed E-state index contributed by atoms with van der Waals surface area (Å²) in [6, 6.07) is 7.63. The SMILES string of the molecule is Cc1nc(-c2ccccc2NC2CCS(=O)(=O)C2)n[nH]1. The molecule has 1 aromatic heterocycles. The summed E-state index contributed by atoms with van der Waals surface area (Å²) in [5.41, 5.74) is 1.75. The van der Waals surface area contributed by atoms with Gasteiger partial charge in [0.25, 0.3) is 0 Å². The van der Waals surface area contributed by atoms with Crippen molar-refractivity contribution >= 4 is 15.5 Å². The summed E-state index contributed by atoms with van der Waals surface area (Å²) in [6.07, 6.45) is 0.643. The molecule has 2 heterocycles. The monoisotopic (exact) mass is 292 g/mol. The first-order valence-electron chi connectivity index (χ1n) is 6.49. The van der Waals surface area contributed by atoms with Crippen molar-refractivity contribution in [1.82, 2.24) is 15.2 Å². The number of nitrogens with one attached hydrogen (secondary N) is 2. The molecule has 0 bridgehead atoms. The van der Waals surface area contributed by atoms with Crippen LogP contribution in [-0.2, 0) is 9.84 Å². The molecular formula is C13H16N4O2S. The molecule has 6 nitrogen and oxygen atoms in total. The number of aromatic nitrogens is 3. The van der Waals surface area contributed by atoms with Gasteiger partial charge in [0.15, 0.2) is 15.7 Å². The Morgan fingerprint density at radius 1 is 1.35 bits per heavy atom. The minimum absolute atomic E-state index is 0.0406. The molecule has 1 atom stereocenters. The molecule has 0 amide bonds. The third-order valence-corrected chi connectivity index (χ3v) is 5.13. The highest BCUT2D eigenvalue weighted by molar-refractivity contribution is 7.91. The van der Waals surface area contributed by atoms with Crippen LogP contribution in [-0.4, -0.2) is 41.1 Å². The molecule has 0 aliphatic carbocycles. The number of aryl methyl sites for hydroxylation is 1. The van der Waals surface area contributed by atoms with Gasteiger partial charge >= 0.3 is 0 Å². The van der Waals surface area contributed by atoms with E-state index in [2.05, 4.69) is 20.5 Å². The Bertz CT molecular complexity index is 723. The quantitative estimate of drug-likeness (QED) is 0.892. The van der Waals surface area contributed by atoms with Crippen LogP contribution in [0.3, 0.4) is 0 Å². The first-order chi connectivity index (χ1) is 9.53. The van der Waals surface area contributed by atoms with E-state index in [1.54, 1.807) is 0 Å². The van der Waals surface area contributed by atoms with Crippen LogP contribution in [0, 0.1) is 6.92 Å². The average Bonchev–Trinajstić information content (AvgIpc) is 2.96. The summed E-state index contributed by atoms with van der Waals surface area (Å²) < 4.78 is 23.0. The average molecular weight is 292 g/mol. The number of anilines is 1. The molecule has 0 radical (unpaired) electrons. The zero-order chi connectivity index (χ0) is 14.2. The second-order valence-corrected chi connectivity index (χ2v) is 7.26. The number of benzene rings is 1. The number of H-pyrrole nitrogens is 1. The molecule has 7 heteroatoms.